The van der Waals surface area contributed by atoms with Gasteiger partial charge >= 0.3 is 7.32 Å². The highest BCUT2D eigenvalue weighted by Crippen LogP contribution is 2.29. The highest BCUT2D eigenvalue weighted by molar-refractivity contribution is 7.94. The first kappa shape index (κ1) is 16.8. The van der Waals surface area contributed by atoms with E-state index in [0.29, 0.717) is 6.42 Å². The van der Waals surface area contributed by atoms with Crippen molar-refractivity contribution >= 4 is 23.0 Å². The number of sulfonamides is 1. The second-order valence-electron chi connectivity index (χ2n) is 5.35. The van der Waals surface area contributed by atoms with Crippen molar-refractivity contribution in [2.75, 3.05) is 4.72 Å². The fourth-order valence-corrected chi connectivity index (χ4v) is 2.14. The number of nitrogens with one attached hydrogen (secondary N) is 1. The van der Waals surface area contributed by atoms with Gasteiger partial charge in [0.2, 0.25) is 10.0 Å². The average Bonchev–Trinajstić information content (AvgIpc) is 2.29. The van der Waals surface area contributed by atoms with Gasteiger partial charge < -0.3 is 14.7 Å². The maximum absolute atomic E-state index is 12.1. The third-order valence-corrected chi connectivity index (χ3v) is 4.84. The number of hydrogen-bond acceptors (Lipinski definition) is 5. The number of rotatable bonds is 5. The molecule has 6 nitrogen and oxygen atoms in total. The Labute approximate surface area is 120 Å². The molecule has 8 heteroatoms. The number of anilines is 1. The molecule has 0 unspecified atom stereocenters. The van der Waals surface area contributed by atoms with E-state index >= 15 is 0 Å². The summed E-state index contributed by atoms with van der Waals surface area (Å²) in [6.45, 7) is 6.62. The highest BCUT2D eigenvalue weighted by atomic mass is 32.2. The Morgan fingerprint density at radius 3 is 2.35 bits per heavy atom. The molecular formula is C12H20BNO5S. The van der Waals surface area contributed by atoms with Gasteiger partial charge in [-0.05, 0) is 44.9 Å². The smallest absolute Gasteiger partial charge is 0.510 e. The van der Waals surface area contributed by atoms with Gasteiger partial charge in [0.1, 0.15) is 5.75 Å². The maximum Gasteiger partial charge on any atom is 0.707 e. The lowest BCUT2D eigenvalue weighted by Gasteiger charge is -2.22. The van der Waals surface area contributed by atoms with Gasteiger partial charge in [-0.3, -0.25) is 4.72 Å². The summed E-state index contributed by atoms with van der Waals surface area (Å²) in [6, 6.07) is 4.86. The molecule has 112 valence electrons. The summed E-state index contributed by atoms with van der Waals surface area (Å²) in [5, 5.41) is 17.8. The Kier molecular flexibility index (Phi) is 5.07. The van der Waals surface area contributed by atoms with Gasteiger partial charge in [-0.25, -0.2) is 8.42 Å². The van der Waals surface area contributed by atoms with E-state index in [1.165, 1.54) is 0 Å². The normalized spacial score (nSPS) is 12.1. The zero-order valence-electron chi connectivity index (χ0n) is 12.0. The Morgan fingerprint density at radius 1 is 1.30 bits per heavy atom. The first-order valence-corrected chi connectivity index (χ1v) is 7.73. The lowest BCUT2D eigenvalue weighted by Crippen LogP contribution is -2.34. The second-order valence-corrected chi connectivity index (χ2v) is 7.78. The predicted molar refractivity (Wildman–Crippen MR) is 78.9 cm³/mol. The van der Waals surface area contributed by atoms with Crippen molar-refractivity contribution in [1.29, 1.82) is 0 Å². The molecule has 0 atom stereocenters. The molecule has 3 N–H and O–H groups in total. The zero-order chi connectivity index (χ0) is 15.6. The van der Waals surface area contributed by atoms with E-state index in [1.54, 1.807) is 39.0 Å². The summed E-state index contributed by atoms with van der Waals surface area (Å²) < 4.78 is 30.5. The summed E-state index contributed by atoms with van der Waals surface area (Å²) in [5.41, 5.74) is 1.06. The minimum atomic E-state index is -3.62. The van der Waals surface area contributed by atoms with Crippen molar-refractivity contribution in [3.05, 3.63) is 23.8 Å². The molecule has 0 saturated carbocycles. The monoisotopic (exact) mass is 301 g/mol. The molecule has 0 bridgehead atoms. The Hall–Kier alpha value is -1.25. The summed E-state index contributed by atoms with van der Waals surface area (Å²) >= 11 is 0. The van der Waals surface area contributed by atoms with E-state index in [4.69, 9.17) is 14.7 Å². The van der Waals surface area contributed by atoms with Gasteiger partial charge in [-0.1, -0.05) is 13.0 Å². The average molecular weight is 301 g/mol. The van der Waals surface area contributed by atoms with Crippen molar-refractivity contribution < 1.29 is 23.1 Å². The van der Waals surface area contributed by atoms with Gasteiger partial charge in [0, 0.05) is 0 Å². The summed E-state index contributed by atoms with van der Waals surface area (Å²) in [4.78, 5) is 0. The summed E-state index contributed by atoms with van der Waals surface area (Å²) in [7, 11) is -5.64. The number of aryl methyl sites for hydroxylation is 1. The molecule has 0 amide bonds. The standard InChI is InChI=1S/C12H20BNO5S/c1-5-9-6-7-10(11(8-9)19-13(15)16)14-20(17,18)12(2,3)4/h6-8,14-16H,5H2,1-4H3. The van der Waals surface area contributed by atoms with Crippen LogP contribution in [0.25, 0.3) is 0 Å². The quantitative estimate of drug-likeness (QED) is 0.709. The van der Waals surface area contributed by atoms with Crippen LogP contribution in [0, 0.1) is 0 Å². The molecule has 0 radical (unpaired) electrons. The van der Waals surface area contributed by atoms with E-state index < -0.39 is 22.1 Å². The third kappa shape index (κ3) is 4.12. The van der Waals surface area contributed by atoms with E-state index in [0.717, 1.165) is 5.56 Å². The lowest BCUT2D eigenvalue weighted by molar-refractivity contribution is 0.288. The van der Waals surface area contributed by atoms with Crippen molar-refractivity contribution in [3.63, 3.8) is 0 Å². The van der Waals surface area contributed by atoms with E-state index in [2.05, 4.69) is 4.72 Å². The maximum atomic E-state index is 12.1. The van der Waals surface area contributed by atoms with Crippen molar-refractivity contribution in [3.8, 4) is 5.75 Å². The van der Waals surface area contributed by atoms with Gasteiger partial charge in [-0.15, -0.1) is 0 Å². The molecule has 0 spiro atoms. The van der Waals surface area contributed by atoms with Crippen LogP contribution in [0.4, 0.5) is 5.69 Å². The molecule has 1 aromatic carbocycles. The van der Waals surface area contributed by atoms with Crippen molar-refractivity contribution in [1.82, 2.24) is 0 Å². The molecule has 0 aliphatic heterocycles. The minimum absolute atomic E-state index is 0.0761. The van der Waals surface area contributed by atoms with Crippen molar-refractivity contribution in [2.45, 2.75) is 38.9 Å². The van der Waals surface area contributed by atoms with Crippen LogP contribution in [0.15, 0.2) is 18.2 Å². The van der Waals surface area contributed by atoms with Crippen LogP contribution >= 0.6 is 0 Å². The number of hydrogen-bond donors (Lipinski definition) is 3. The lowest BCUT2D eigenvalue weighted by atomic mass is 10.1. The Bertz CT molecular complexity index is 566. The summed E-state index contributed by atoms with van der Waals surface area (Å²) in [6.07, 6.45) is 0.712. The number of benzene rings is 1. The van der Waals surface area contributed by atoms with Crippen LogP contribution in [-0.2, 0) is 16.4 Å². The van der Waals surface area contributed by atoms with Crippen LogP contribution in [-0.4, -0.2) is 30.5 Å². The van der Waals surface area contributed by atoms with Gasteiger partial charge in [0.25, 0.3) is 0 Å². The molecule has 0 saturated heterocycles. The van der Waals surface area contributed by atoms with Crippen LogP contribution in [0.1, 0.15) is 33.3 Å². The second kappa shape index (κ2) is 6.03. The molecule has 0 fully saturated rings. The van der Waals surface area contributed by atoms with Crippen LogP contribution in [0.5, 0.6) is 5.75 Å². The fourth-order valence-electron chi connectivity index (χ4n) is 1.38. The van der Waals surface area contributed by atoms with E-state index in [1.807, 2.05) is 6.92 Å². The molecule has 0 heterocycles. The predicted octanol–water partition coefficient (Wildman–Crippen LogP) is 1.14. The van der Waals surface area contributed by atoms with Gasteiger partial charge in [-0.2, -0.15) is 0 Å². The first-order chi connectivity index (χ1) is 9.06. The molecule has 0 aromatic heterocycles. The van der Waals surface area contributed by atoms with Gasteiger partial charge in [0.05, 0.1) is 10.4 Å². The SMILES string of the molecule is CCc1ccc(NS(=O)(=O)C(C)(C)C)c(OB(O)O)c1. The molecule has 0 aliphatic carbocycles. The Morgan fingerprint density at radius 2 is 1.90 bits per heavy atom. The van der Waals surface area contributed by atoms with Crippen LogP contribution in [0.3, 0.4) is 0 Å². The van der Waals surface area contributed by atoms with Crippen LogP contribution < -0.4 is 9.38 Å². The Balaban J connectivity index is 3.18. The third-order valence-electron chi connectivity index (χ3n) is 2.74. The fraction of sp³-hybridized carbons (Fsp3) is 0.500. The minimum Gasteiger partial charge on any atom is -0.510 e. The largest absolute Gasteiger partial charge is 0.707 e. The van der Waals surface area contributed by atoms with E-state index in [-0.39, 0.29) is 11.4 Å². The van der Waals surface area contributed by atoms with E-state index in [9.17, 15) is 8.42 Å². The van der Waals surface area contributed by atoms with Gasteiger partial charge in [0.15, 0.2) is 0 Å². The summed E-state index contributed by atoms with van der Waals surface area (Å²) in [5.74, 6) is 0.0761. The van der Waals surface area contributed by atoms with Crippen molar-refractivity contribution in [2.24, 2.45) is 0 Å². The highest BCUT2D eigenvalue weighted by Gasteiger charge is 2.30. The zero-order valence-corrected chi connectivity index (χ0v) is 12.9. The first-order valence-electron chi connectivity index (χ1n) is 6.25. The molecule has 20 heavy (non-hydrogen) atoms. The topological polar surface area (TPSA) is 95.9 Å². The van der Waals surface area contributed by atoms with Crippen LogP contribution in [0.2, 0.25) is 0 Å². The molecule has 0 aliphatic rings. The molecular weight excluding hydrogens is 281 g/mol. The molecule has 1 rings (SSSR count). The molecule has 1 aromatic rings.